The Kier molecular flexibility index (Phi) is 4.43. The van der Waals surface area contributed by atoms with Gasteiger partial charge >= 0.3 is 0 Å². The van der Waals surface area contributed by atoms with E-state index in [1.807, 2.05) is 6.07 Å². The van der Waals surface area contributed by atoms with Crippen molar-refractivity contribution in [3.8, 4) is 0 Å². The van der Waals surface area contributed by atoms with E-state index in [9.17, 15) is 17.8 Å². The highest BCUT2D eigenvalue weighted by Crippen LogP contribution is 2.26. The lowest BCUT2D eigenvalue weighted by Gasteiger charge is -2.11. The molecule has 2 aromatic carbocycles. The molecule has 0 radical (unpaired) electrons. The molecule has 1 heterocycles. The van der Waals surface area contributed by atoms with Crippen LogP contribution >= 0.6 is 0 Å². The number of rotatable bonds is 4. The van der Waals surface area contributed by atoms with Crippen molar-refractivity contribution in [1.82, 2.24) is 0 Å². The Balaban J connectivity index is 1.89. The van der Waals surface area contributed by atoms with Gasteiger partial charge in [-0.3, -0.25) is 9.35 Å². The van der Waals surface area contributed by atoms with Crippen molar-refractivity contribution in [2.24, 2.45) is 15.3 Å². The summed E-state index contributed by atoms with van der Waals surface area (Å²) in [5.41, 5.74) is 0.980. The normalized spacial score (nSPS) is 18.0. The molecule has 0 spiro atoms. The number of amides is 1. The van der Waals surface area contributed by atoms with Gasteiger partial charge in [-0.05, 0) is 31.2 Å². The zero-order chi connectivity index (χ0) is 18.0. The van der Waals surface area contributed by atoms with Crippen LogP contribution in [0.3, 0.4) is 0 Å². The Morgan fingerprint density at radius 3 is 2.40 bits per heavy atom. The summed E-state index contributed by atoms with van der Waals surface area (Å²) in [7, 11) is -4.44. The van der Waals surface area contributed by atoms with E-state index in [-0.39, 0.29) is 10.6 Å². The topological polar surface area (TPSA) is 112 Å². The van der Waals surface area contributed by atoms with Gasteiger partial charge in [0.2, 0.25) is 0 Å². The number of nitrogens with zero attached hydrogens (tertiary/aromatic N) is 4. The molecule has 0 aromatic heterocycles. The maximum Gasteiger partial charge on any atom is 0.296 e. The third-order valence-electron chi connectivity index (χ3n) is 3.52. The molecule has 0 unspecified atom stereocenters. The van der Waals surface area contributed by atoms with Gasteiger partial charge in [0.05, 0.1) is 11.4 Å². The van der Waals surface area contributed by atoms with Crippen LogP contribution < -0.4 is 5.01 Å². The average Bonchev–Trinajstić information content (AvgIpc) is 2.87. The number of azo groups is 1. The van der Waals surface area contributed by atoms with Crippen LogP contribution in [0.1, 0.15) is 6.92 Å². The Hall–Kier alpha value is -2.91. The zero-order valence-electron chi connectivity index (χ0n) is 13.1. The third kappa shape index (κ3) is 3.47. The number of anilines is 1. The summed E-state index contributed by atoms with van der Waals surface area (Å²) >= 11 is 0. The fourth-order valence-electron chi connectivity index (χ4n) is 2.32. The monoisotopic (exact) mass is 358 g/mol. The number of hydrazone groups is 1. The smallest absolute Gasteiger partial charge is 0.282 e. The molecule has 3 rings (SSSR count). The molecule has 2 aromatic rings. The van der Waals surface area contributed by atoms with Crippen molar-refractivity contribution < 1.29 is 17.8 Å². The first-order chi connectivity index (χ1) is 11.9. The largest absolute Gasteiger partial charge is 0.296 e. The highest BCUT2D eigenvalue weighted by atomic mass is 32.2. The average molecular weight is 358 g/mol. The minimum Gasteiger partial charge on any atom is -0.282 e. The van der Waals surface area contributed by atoms with Crippen LogP contribution in [-0.4, -0.2) is 30.6 Å². The molecule has 0 bridgehead atoms. The fourth-order valence-corrected chi connectivity index (χ4v) is 2.94. The van der Waals surface area contributed by atoms with Gasteiger partial charge in [-0.25, -0.2) is 0 Å². The first-order valence-electron chi connectivity index (χ1n) is 7.29. The van der Waals surface area contributed by atoms with Crippen LogP contribution in [0.2, 0.25) is 0 Å². The number of hydrogen-bond acceptors (Lipinski definition) is 6. The summed E-state index contributed by atoms with van der Waals surface area (Å²) in [6.45, 7) is 1.64. The van der Waals surface area contributed by atoms with Crippen LogP contribution in [0.4, 0.5) is 11.4 Å². The van der Waals surface area contributed by atoms with Gasteiger partial charge < -0.3 is 0 Å². The molecule has 0 fully saturated rings. The molecule has 128 valence electrons. The number of hydrogen-bond donors (Lipinski definition) is 1. The minimum atomic E-state index is -4.44. The van der Waals surface area contributed by atoms with Crippen molar-refractivity contribution in [2.75, 3.05) is 5.01 Å². The molecule has 8 nitrogen and oxygen atoms in total. The number of para-hydroxylation sites is 1. The summed E-state index contributed by atoms with van der Waals surface area (Å²) in [5.74, 6) is -0.392. The molecular formula is C16H14N4O4S. The van der Waals surface area contributed by atoms with Gasteiger partial charge in [-0.15, -0.1) is 0 Å². The first-order valence-corrected chi connectivity index (χ1v) is 8.73. The highest BCUT2D eigenvalue weighted by molar-refractivity contribution is 7.86. The number of benzene rings is 2. The Morgan fingerprint density at radius 2 is 1.72 bits per heavy atom. The Morgan fingerprint density at radius 1 is 1.08 bits per heavy atom. The zero-order valence-corrected chi connectivity index (χ0v) is 14.0. The van der Waals surface area contributed by atoms with E-state index < -0.39 is 22.1 Å². The predicted molar refractivity (Wildman–Crippen MR) is 91.6 cm³/mol. The Bertz CT molecular complexity index is 971. The fraction of sp³-hybridized carbons (Fsp3) is 0.125. The molecule has 1 N–H and O–H groups in total. The summed E-state index contributed by atoms with van der Waals surface area (Å²) in [4.78, 5) is 12.1. The summed E-state index contributed by atoms with van der Waals surface area (Å²) in [5, 5.41) is 13.2. The Labute approximate surface area is 144 Å². The standard InChI is InChI=1S/C16H14N4O4S/c1-11-15(16(21)20(19-11)12-7-3-2-4-8-12)18-17-13-9-5-6-10-14(13)25(22,23)24/h2-10,15H,1H3,(H,22,23,24)/t15-/m1/s1. The summed E-state index contributed by atoms with van der Waals surface area (Å²) < 4.78 is 32.0. The van der Waals surface area contributed by atoms with Gasteiger partial charge in [0.25, 0.3) is 16.0 Å². The number of carbonyl (C=O) groups excluding carboxylic acids is 1. The molecule has 1 aliphatic heterocycles. The molecule has 0 saturated heterocycles. The lowest BCUT2D eigenvalue weighted by Crippen LogP contribution is -2.29. The van der Waals surface area contributed by atoms with Crippen molar-refractivity contribution in [1.29, 1.82) is 0 Å². The van der Waals surface area contributed by atoms with Gasteiger partial charge in [-0.2, -0.15) is 28.8 Å². The highest BCUT2D eigenvalue weighted by Gasteiger charge is 2.34. The van der Waals surface area contributed by atoms with Crippen molar-refractivity contribution in [3.05, 3.63) is 54.6 Å². The first kappa shape index (κ1) is 16.9. The molecular weight excluding hydrogens is 344 g/mol. The third-order valence-corrected chi connectivity index (χ3v) is 4.42. The second-order valence-corrected chi connectivity index (χ2v) is 6.68. The minimum absolute atomic E-state index is 0.0521. The van der Waals surface area contributed by atoms with Gasteiger partial charge in [0, 0.05) is 0 Å². The maximum absolute atomic E-state index is 12.5. The van der Waals surface area contributed by atoms with E-state index in [0.29, 0.717) is 11.4 Å². The molecule has 1 amide bonds. The maximum atomic E-state index is 12.5. The van der Waals surface area contributed by atoms with Crippen LogP contribution in [-0.2, 0) is 14.9 Å². The number of carbonyl (C=O) groups is 1. The van der Waals surface area contributed by atoms with E-state index in [1.54, 1.807) is 37.3 Å². The summed E-state index contributed by atoms with van der Waals surface area (Å²) in [6.07, 6.45) is 0. The molecule has 1 atom stereocenters. The van der Waals surface area contributed by atoms with Crippen molar-refractivity contribution >= 4 is 33.1 Å². The molecule has 25 heavy (non-hydrogen) atoms. The molecule has 1 aliphatic rings. The van der Waals surface area contributed by atoms with E-state index in [4.69, 9.17) is 0 Å². The van der Waals surface area contributed by atoms with Gasteiger partial charge in [0.15, 0.2) is 6.04 Å². The molecule has 0 saturated carbocycles. The quantitative estimate of drug-likeness (QED) is 0.669. The van der Waals surface area contributed by atoms with Gasteiger partial charge in [0.1, 0.15) is 10.6 Å². The van der Waals surface area contributed by atoms with Crippen molar-refractivity contribution in [3.63, 3.8) is 0 Å². The second-order valence-electron chi connectivity index (χ2n) is 5.29. The molecule has 9 heteroatoms. The van der Waals surface area contributed by atoms with Crippen LogP contribution in [0, 0.1) is 0 Å². The lowest BCUT2D eigenvalue weighted by atomic mass is 10.2. The molecule has 0 aliphatic carbocycles. The van der Waals surface area contributed by atoms with E-state index in [0.717, 1.165) is 0 Å². The van der Waals surface area contributed by atoms with E-state index in [2.05, 4.69) is 15.3 Å². The SMILES string of the molecule is CC1=NN(c2ccccc2)C(=O)[C@@H]1N=Nc1ccccc1S(=O)(=O)O. The van der Waals surface area contributed by atoms with Crippen LogP contribution in [0.25, 0.3) is 0 Å². The van der Waals surface area contributed by atoms with E-state index in [1.165, 1.54) is 23.2 Å². The van der Waals surface area contributed by atoms with Crippen LogP contribution in [0.15, 0.2) is 74.8 Å². The second kappa shape index (κ2) is 6.54. The van der Waals surface area contributed by atoms with Gasteiger partial charge in [-0.1, -0.05) is 30.3 Å². The van der Waals surface area contributed by atoms with Crippen molar-refractivity contribution in [2.45, 2.75) is 17.9 Å². The van der Waals surface area contributed by atoms with Crippen LogP contribution in [0.5, 0.6) is 0 Å². The lowest BCUT2D eigenvalue weighted by molar-refractivity contribution is -0.117. The van der Waals surface area contributed by atoms with E-state index >= 15 is 0 Å². The predicted octanol–water partition coefficient (Wildman–Crippen LogP) is 2.81. The summed E-state index contributed by atoms with van der Waals surface area (Å²) in [6, 6.07) is 13.5.